The molecule has 2 heterocycles. The van der Waals surface area contributed by atoms with Gasteiger partial charge in [0.15, 0.2) is 0 Å². The second-order valence-electron chi connectivity index (χ2n) is 4.58. The van der Waals surface area contributed by atoms with Crippen LogP contribution in [0.4, 0.5) is 4.39 Å². The third kappa shape index (κ3) is 1.73. The monoisotopic (exact) mass is 283 g/mol. The first kappa shape index (κ1) is 10.5. The van der Waals surface area contributed by atoms with Gasteiger partial charge < -0.3 is 0 Å². The van der Waals surface area contributed by atoms with Gasteiger partial charge in [-0.2, -0.15) is 0 Å². The Balaban J connectivity index is 2.04. The van der Waals surface area contributed by atoms with Crippen molar-refractivity contribution in [2.24, 2.45) is 0 Å². The van der Waals surface area contributed by atoms with Crippen molar-refractivity contribution < 1.29 is 4.39 Å². The van der Waals surface area contributed by atoms with E-state index in [1.165, 1.54) is 28.2 Å². The fourth-order valence-corrected chi connectivity index (χ4v) is 4.77. The number of hydrogen-bond acceptors (Lipinski definition) is 1. The molecule has 0 N–H and O–H groups in total. The molecule has 1 aliphatic rings. The standard InChI is InChI=1S/C13H14FNSe/c1-15-5-4-9(7-15)12-8-16-13-6-10(14)2-3-11(12)13/h2-3,6,8-9H,4-5,7H2,1H3/t9-/m0/s1. The van der Waals surface area contributed by atoms with E-state index < -0.39 is 0 Å². The molecule has 0 unspecified atom stereocenters. The van der Waals surface area contributed by atoms with Crippen LogP contribution in [0.5, 0.6) is 0 Å². The molecule has 1 aromatic heterocycles. The van der Waals surface area contributed by atoms with Crippen LogP contribution in [0.1, 0.15) is 17.9 Å². The van der Waals surface area contributed by atoms with E-state index in [0.29, 0.717) is 20.4 Å². The number of fused-ring (bicyclic) bond motifs is 1. The van der Waals surface area contributed by atoms with E-state index in [9.17, 15) is 4.39 Å². The summed E-state index contributed by atoms with van der Waals surface area (Å²) in [4.78, 5) is 4.72. The third-order valence-electron chi connectivity index (χ3n) is 3.40. The maximum atomic E-state index is 13.1. The van der Waals surface area contributed by atoms with Crippen LogP contribution in [0.25, 0.3) is 9.65 Å². The fraction of sp³-hybridized carbons (Fsp3) is 0.385. The first-order valence-corrected chi connectivity index (χ1v) is 7.44. The fourth-order valence-electron chi connectivity index (χ4n) is 2.53. The molecular formula is C13H14FNSe. The number of likely N-dealkylation sites (N-methyl/N-ethyl adjacent to an activating group) is 1. The molecule has 0 radical (unpaired) electrons. The van der Waals surface area contributed by atoms with Crippen molar-refractivity contribution in [2.45, 2.75) is 12.3 Å². The average Bonchev–Trinajstić information content (AvgIpc) is 2.83. The Hall–Kier alpha value is -0.631. The maximum absolute atomic E-state index is 13.1. The molecule has 2 aromatic rings. The van der Waals surface area contributed by atoms with Gasteiger partial charge in [0.1, 0.15) is 0 Å². The van der Waals surface area contributed by atoms with Gasteiger partial charge in [-0.1, -0.05) is 0 Å². The van der Waals surface area contributed by atoms with Gasteiger partial charge in [0.05, 0.1) is 0 Å². The van der Waals surface area contributed by atoms with E-state index in [-0.39, 0.29) is 5.82 Å². The summed E-state index contributed by atoms with van der Waals surface area (Å²) in [7, 11) is 2.17. The van der Waals surface area contributed by atoms with Crippen molar-refractivity contribution in [1.82, 2.24) is 4.90 Å². The quantitative estimate of drug-likeness (QED) is 0.726. The van der Waals surface area contributed by atoms with Crippen molar-refractivity contribution in [3.05, 3.63) is 34.5 Å². The van der Waals surface area contributed by atoms with E-state index >= 15 is 0 Å². The zero-order chi connectivity index (χ0) is 11.1. The van der Waals surface area contributed by atoms with Crippen LogP contribution in [0.3, 0.4) is 0 Å². The first-order chi connectivity index (χ1) is 7.74. The number of likely N-dealkylation sites (tertiary alicyclic amines) is 1. The van der Waals surface area contributed by atoms with Crippen molar-refractivity contribution in [3.63, 3.8) is 0 Å². The van der Waals surface area contributed by atoms with E-state index in [0.717, 1.165) is 6.54 Å². The molecule has 1 nitrogen and oxygen atoms in total. The van der Waals surface area contributed by atoms with Gasteiger partial charge in [-0.15, -0.1) is 0 Å². The molecule has 0 bridgehead atoms. The predicted molar refractivity (Wildman–Crippen MR) is 65.7 cm³/mol. The Bertz CT molecular complexity index is 520. The Morgan fingerprint density at radius 2 is 2.31 bits per heavy atom. The molecule has 16 heavy (non-hydrogen) atoms. The molecule has 1 aliphatic heterocycles. The minimum absolute atomic E-state index is 0.0983. The van der Waals surface area contributed by atoms with E-state index in [4.69, 9.17) is 0 Å². The SMILES string of the molecule is CN1CC[C@H](c2c[se]c3cc(F)ccc23)C1. The second-order valence-corrected chi connectivity index (χ2v) is 6.49. The van der Waals surface area contributed by atoms with E-state index in [2.05, 4.69) is 16.9 Å². The molecule has 0 spiro atoms. The van der Waals surface area contributed by atoms with Crippen molar-refractivity contribution in [3.8, 4) is 0 Å². The Labute approximate surface area is 101 Å². The molecule has 1 fully saturated rings. The molecule has 1 aromatic carbocycles. The van der Waals surface area contributed by atoms with Gasteiger partial charge >= 0.3 is 100 Å². The summed E-state index contributed by atoms with van der Waals surface area (Å²) in [6.45, 7) is 2.34. The molecule has 0 aliphatic carbocycles. The molecule has 1 saturated heterocycles. The number of rotatable bonds is 1. The summed E-state index contributed by atoms with van der Waals surface area (Å²) in [5, 5.41) is 1.31. The number of benzene rings is 1. The van der Waals surface area contributed by atoms with Crippen LogP contribution >= 0.6 is 0 Å². The van der Waals surface area contributed by atoms with Crippen LogP contribution in [-0.4, -0.2) is 39.5 Å². The van der Waals surface area contributed by atoms with Gasteiger partial charge in [0.25, 0.3) is 0 Å². The van der Waals surface area contributed by atoms with E-state index in [1.807, 2.05) is 6.07 Å². The summed E-state index contributed by atoms with van der Waals surface area (Å²) in [6.07, 6.45) is 1.25. The van der Waals surface area contributed by atoms with Gasteiger partial charge in [-0.3, -0.25) is 0 Å². The van der Waals surface area contributed by atoms with Gasteiger partial charge in [-0.25, -0.2) is 0 Å². The Kier molecular flexibility index (Phi) is 2.62. The molecular weight excluding hydrogens is 268 g/mol. The van der Waals surface area contributed by atoms with Gasteiger partial charge in [0.2, 0.25) is 0 Å². The van der Waals surface area contributed by atoms with Gasteiger partial charge in [0, 0.05) is 0 Å². The summed E-state index contributed by atoms with van der Waals surface area (Å²) >= 11 is 0.341. The number of halogens is 1. The zero-order valence-electron chi connectivity index (χ0n) is 9.24. The van der Waals surface area contributed by atoms with Crippen LogP contribution in [0, 0.1) is 5.82 Å². The summed E-state index contributed by atoms with van der Waals surface area (Å²) in [5.41, 5.74) is 1.47. The van der Waals surface area contributed by atoms with Crippen molar-refractivity contribution >= 4 is 24.1 Å². The Morgan fingerprint density at radius 1 is 1.44 bits per heavy atom. The van der Waals surface area contributed by atoms with Crippen molar-refractivity contribution in [2.75, 3.05) is 20.1 Å². The average molecular weight is 282 g/mol. The third-order valence-corrected chi connectivity index (χ3v) is 5.42. The second kappa shape index (κ2) is 3.99. The molecule has 1 atom stereocenters. The molecule has 0 amide bonds. The topological polar surface area (TPSA) is 3.24 Å². The Morgan fingerprint density at radius 3 is 3.06 bits per heavy atom. The van der Waals surface area contributed by atoms with Gasteiger partial charge in [-0.05, 0) is 0 Å². The van der Waals surface area contributed by atoms with Crippen LogP contribution in [-0.2, 0) is 0 Å². The number of hydrogen-bond donors (Lipinski definition) is 0. The van der Waals surface area contributed by atoms with Crippen LogP contribution in [0.2, 0.25) is 0 Å². The summed E-state index contributed by atoms with van der Waals surface area (Å²) in [5.74, 6) is 0.567. The summed E-state index contributed by atoms with van der Waals surface area (Å²) in [6, 6.07) is 5.26. The van der Waals surface area contributed by atoms with Crippen LogP contribution in [0.15, 0.2) is 23.1 Å². The molecule has 84 valence electrons. The molecule has 0 saturated carbocycles. The van der Waals surface area contributed by atoms with Crippen molar-refractivity contribution in [1.29, 1.82) is 0 Å². The minimum atomic E-state index is -0.0983. The molecule has 3 heteroatoms. The van der Waals surface area contributed by atoms with Crippen LogP contribution < -0.4 is 0 Å². The zero-order valence-corrected chi connectivity index (χ0v) is 11.0. The summed E-state index contributed by atoms with van der Waals surface area (Å²) < 4.78 is 14.3. The normalized spacial score (nSPS) is 22.0. The number of nitrogens with zero attached hydrogens (tertiary/aromatic N) is 1. The van der Waals surface area contributed by atoms with E-state index in [1.54, 1.807) is 12.1 Å². The first-order valence-electron chi connectivity index (χ1n) is 5.59. The molecule has 3 rings (SSSR count). The predicted octanol–water partition coefficient (Wildman–Crippen LogP) is 2.46.